The quantitative estimate of drug-likeness (QED) is 0.292. The first-order valence-electron chi connectivity index (χ1n) is 9.75. The van der Waals surface area contributed by atoms with Gasteiger partial charge in [0, 0.05) is 5.69 Å². The van der Waals surface area contributed by atoms with Gasteiger partial charge in [0.1, 0.15) is 6.61 Å². The molecule has 0 amide bonds. The van der Waals surface area contributed by atoms with E-state index in [4.69, 9.17) is 19.9 Å². The van der Waals surface area contributed by atoms with Crippen LogP contribution in [0.1, 0.15) is 30.5 Å². The molecule has 2 aromatic carbocycles. The summed E-state index contributed by atoms with van der Waals surface area (Å²) >= 11 is 0. The summed E-state index contributed by atoms with van der Waals surface area (Å²) in [5, 5.41) is 0. The molecule has 160 valence electrons. The van der Waals surface area contributed by atoms with Gasteiger partial charge in [-0.15, -0.1) is 0 Å². The van der Waals surface area contributed by atoms with Crippen LogP contribution in [0.4, 0.5) is 5.69 Å². The van der Waals surface area contributed by atoms with Crippen molar-refractivity contribution >= 4 is 23.6 Å². The molecule has 0 radical (unpaired) electrons. The highest BCUT2D eigenvalue weighted by molar-refractivity contribution is 6.06. The van der Waals surface area contributed by atoms with E-state index >= 15 is 0 Å². The van der Waals surface area contributed by atoms with Crippen LogP contribution in [0.5, 0.6) is 0 Å². The van der Waals surface area contributed by atoms with Crippen molar-refractivity contribution < 1.29 is 28.6 Å². The molecule has 0 aliphatic carbocycles. The van der Waals surface area contributed by atoms with E-state index < -0.39 is 29.9 Å². The second-order valence-electron chi connectivity index (χ2n) is 6.74. The topological polar surface area (TPSA) is 105 Å². The van der Waals surface area contributed by atoms with Gasteiger partial charge in [-0.1, -0.05) is 42.5 Å². The SMILES string of the molecule is CCOC(=O)C(COC(=O)Cc1ccc(N)c(C)c1)(C(=O)OCC)c1ccccc1. The third-order valence-electron chi connectivity index (χ3n) is 4.65. The number of carbonyl (C=O) groups excluding carboxylic acids is 3. The lowest BCUT2D eigenvalue weighted by Crippen LogP contribution is -2.50. The van der Waals surface area contributed by atoms with Gasteiger partial charge >= 0.3 is 17.9 Å². The molecule has 0 saturated heterocycles. The number of nitrogens with two attached hydrogens (primary N) is 1. The third-order valence-corrected chi connectivity index (χ3v) is 4.65. The molecule has 0 spiro atoms. The Labute approximate surface area is 176 Å². The van der Waals surface area contributed by atoms with Gasteiger partial charge < -0.3 is 19.9 Å². The number of ether oxygens (including phenoxy) is 3. The van der Waals surface area contributed by atoms with E-state index in [1.165, 1.54) is 0 Å². The number of anilines is 1. The van der Waals surface area contributed by atoms with Gasteiger partial charge in [-0.2, -0.15) is 0 Å². The summed E-state index contributed by atoms with van der Waals surface area (Å²) in [6.45, 7) is 4.70. The first-order valence-corrected chi connectivity index (χ1v) is 9.75. The average Bonchev–Trinajstić information content (AvgIpc) is 2.72. The van der Waals surface area contributed by atoms with Gasteiger partial charge in [0.2, 0.25) is 5.41 Å². The standard InChI is InChI=1S/C23H27NO6/c1-4-28-21(26)23(22(27)29-5-2,18-9-7-6-8-10-18)15-30-20(25)14-17-11-12-19(24)16(3)13-17/h6-13H,4-5,14-15,24H2,1-3H3. The number of carbonyl (C=O) groups is 3. The van der Waals surface area contributed by atoms with Crippen LogP contribution in [-0.4, -0.2) is 37.7 Å². The largest absolute Gasteiger partial charge is 0.465 e. The predicted octanol–water partition coefficient (Wildman–Crippen LogP) is 2.73. The maximum absolute atomic E-state index is 12.9. The fourth-order valence-electron chi connectivity index (χ4n) is 3.01. The summed E-state index contributed by atoms with van der Waals surface area (Å²) < 4.78 is 15.7. The Morgan fingerprint density at radius 2 is 1.50 bits per heavy atom. The van der Waals surface area contributed by atoms with Crippen LogP contribution >= 0.6 is 0 Å². The second-order valence-corrected chi connectivity index (χ2v) is 6.74. The molecule has 0 bridgehead atoms. The molecule has 2 N–H and O–H groups in total. The van der Waals surface area contributed by atoms with E-state index in [-0.39, 0.29) is 19.6 Å². The van der Waals surface area contributed by atoms with Crippen molar-refractivity contribution in [2.24, 2.45) is 0 Å². The molecule has 0 aliphatic rings. The van der Waals surface area contributed by atoms with Crippen LogP contribution in [-0.2, 0) is 40.4 Å². The molecule has 7 heteroatoms. The van der Waals surface area contributed by atoms with Crippen molar-refractivity contribution in [1.82, 2.24) is 0 Å². The fraction of sp³-hybridized carbons (Fsp3) is 0.348. The minimum absolute atomic E-state index is 0.0301. The summed E-state index contributed by atoms with van der Waals surface area (Å²) in [6.07, 6.45) is -0.0301. The number of benzene rings is 2. The number of rotatable bonds is 9. The van der Waals surface area contributed by atoms with Crippen molar-refractivity contribution in [2.45, 2.75) is 32.6 Å². The Bertz CT molecular complexity index is 876. The molecule has 7 nitrogen and oxygen atoms in total. The van der Waals surface area contributed by atoms with Gasteiger partial charge in [0.05, 0.1) is 19.6 Å². The lowest BCUT2D eigenvalue weighted by molar-refractivity contribution is -0.170. The van der Waals surface area contributed by atoms with Crippen LogP contribution in [0, 0.1) is 6.92 Å². The Balaban J connectivity index is 2.31. The number of nitrogen functional groups attached to an aromatic ring is 1. The Kier molecular flexibility index (Phi) is 7.98. The zero-order valence-corrected chi connectivity index (χ0v) is 17.5. The third kappa shape index (κ3) is 5.17. The zero-order chi connectivity index (χ0) is 22.1. The van der Waals surface area contributed by atoms with E-state index in [0.29, 0.717) is 16.8 Å². The first kappa shape index (κ1) is 22.9. The van der Waals surface area contributed by atoms with Crippen LogP contribution in [0.25, 0.3) is 0 Å². The highest BCUT2D eigenvalue weighted by Gasteiger charge is 2.52. The molecule has 2 aromatic rings. The maximum Gasteiger partial charge on any atom is 0.331 e. The summed E-state index contributed by atoms with van der Waals surface area (Å²) in [5.41, 5.74) is 6.41. The maximum atomic E-state index is 12.9. The summed E-state index contributed by atoms with van der Waals surface area (Å²) in [6, 6.07) is 13.5. The van der Waals surface area contributed by atoms with E-state index in [1.54, 1.807) is 62.4 Å². The number of hydrogen-bond acceptors (Lipinski definition) is 7. The zero-order valence-electron chi connectivity index (χ0n) is 17.5. The molecule has 0 fully saturated rings. The normalized spacial score (nSPS) is 10.9. The Hall–Kier alpha value is -3.35. The van der Waals surface area contributed by atoms with Crippen molar-refractivity contribution in [1.29, 1.82) is 0 Å². The van der Waals surface area contributed by atoms with Gasteiger partial charge in [0.25, 0.3) is 0 Å². The summed E-state index contributed by atoms with van der Waals surface area (Å²) in [7, 11) is 0. The lowest BCUT2D eigenvalue weighted by Gasteiger charge is -2.29. The van der Waals surface area contributed by atoms with Crippen LogP contribution < -0.4 is 5.73 Å². The second kappa shape index (κ2) is 10.4. The van der Waals surface area contributed by atoms with Crippen LogP contribution in [0.15, 0.2) is 48.5 Å². The smallest absolute Gasteiger partial charge is 0.331 e. The minimum atomic E-state index is -1.90. The summed E-state index contributed by atoms with van der Waals surface area (Å²) in [4.78, 5) is 38.3. The van der Waals surface area contributed by atoms with Gasteiger partial charge in [-0.25, -0.2) is 0 Å². The van der Waals surface area contributed by atoms with Crippen molar-refractivity contribution in [3.8, 4) is 0 Å². The van der Waals surface area contributed by atoms with Crippen LogP contribution in [0.3, 0.4) is 0 Å². The highest BCUT2D eigenvalue weighted by atomic mass is 16.6. The molecule has 0 unspecified atom stereocenters. The highest BCUT2D eigenvalue weighted by Crippen LogP contribution is 2.29. The molecule has 0 aliphatic heterocycles. The monoisotopic (exact) mass is 413 g/mol. The molecule has 30 heavy (non-hydrogen) atoms. The molecule has 0 heterocycles. The molecule has 0 atom stereocenters. The molecule has 0 saturated carbocycles. The van der Waals surface area contributed by atoms with Crippen molar-refractivity contribution in [3.05, 3.63) is 65.2 Å². The number of esters is 3. The first-order chi connectivity index (χ1) is 14.3. The van der Waals surface area contributed by atoms with Crippen molar-refractivity contribution in [2.75, 3.05) is 25.6 Å². The van der Waals surface area contributed by atoms with Crippen molar-refractivity contribution in [3.63, 3.8) is 0 Å². The number of aryl methyl sites for hydroxylation is 1. The lowest BCUT2D eigenvalue weighted by atomic mass is 9.81. The van der Waals surface area contributed by atoms with Gasteiger partial charge in [0.15, 0.2) is 0 Å². The van der Waals surface area contributed by atoms with E-state index in [2.05, 4.69) is 0 Å². The molecular formula is C23H27NO6. The number of hydrogen-bond donors (Lipinski definition) is 1. The Morgan fingerprint density at radius 3 is 2.03 bits per heavy atom. The molecule has 2 rings (SSSR count). The van der Waals surface area contributed by atoms with Gasteiger partial charge in [-0.05, 0) is 43.5 Å². The molecule has 0 aromatic heterocycles. The van der Waals surface area contributed by atoms with E-state index in [9.17, 15) is 14.4 Å². The average molecular weight is 413 g/mol. The van der Waals surface area contributed by atoms with E-state index in [0.717, 1.165) is 5.56 Å². The van der Waals surface area contributed by atoms with Gasteiger partial charge in [-0.3, -0.25) is 14.4 Å². The Morgan fingerprint density at radius 1 is 0.900 bits per heavy atom. The summed E-state index contributed by atoms with van der Waals surface area (Å²) in [5.74, 6) is -2.25. The molecular weight excluding hydrogens is 386 g/mol. The predicted molar refractivity (Wildman–Crippen MR) is 112 cm³/mol. The van der Waals surface area contributed by atoms with Crippen LogP contribution in [0.2, 0.25) is 0 Å². The fourth-order valence-corrected chi connectivity index (χ4v) is 3.01. The van der Waals surface area contributed by atoms with E-state index in [1.807, 2.05) is 6.92 Å². The minimum Gasteiger partial charge on any atom is -0.465 e.